The molecule has 19 heavy (non-hydrogen) atoms. The van der Waals surface area contributed by atoms with Gasteiger partial charge in [0.05, 0.1) is 6.10 Å². The van der Waals surface area contributed by atoms with Crippen LogP contribution in [-0.2, 0) is 0 Å². The number of nitrogen functional groups attached to an aromatic ring is 1. The van der Waals surface area contributed by atoms with Gasteiger partial charge in [-0.05, 0) is 39.5 Å². The zero-order valence-electron chi connectivity index (χ0n) is 11.7. The highest BCUT2D eigenvalue weighted by molar-refractivity contribution is 5.38. The maximum Gasteiger partial charge on any atom is 0.323 e. The number of aromatic nitrogens is 3. The van der Waals surface area contributed by atoms with Crippen molar-refractivity contribution in [3.63, 3.8) is 0 Å². The largest absolute Gasteiger partial charge is 0.461 e. The van der Waals surface area contributed by atoms with Gasteiger partial charge in [0, 0.05) is 5.54 Å². The summed E-state index contributed by atoms with van der Waals surface area (Å²) in [5.74, 6) is 6.19. The first-order chi connectivity index (χ1) is 9.07. The molecule has 1 aliphatic rings. The number of hydrogen-bond donors (Lipinski definition) is 3. The predicted molar refractivity (Wildman–Crippen MR) is 73.9 cm³/mol. The van der Waals surface area contributed by atoms with Crippen LogP contribution in [-0.4, -0.2) is 26.6 Å². The fourth-order valence-corrected chi connectivity index (χ4v) is 2.15. The summed E-state index contributed by atoms with van der Waals surface area (Å²) in [6.07, 6.45) is 4.57. The lowest BCUT2D eigenvalue weighted by molar-refractivity contribution is 0.221. The molecule has 1 aromatic rings. The van der Waals surface area contributed by atoms with Crippen LogP contribution in [0.2, 0.25) is 0 Å². The van der Waals surface area contributed by atoms with E-state index in [2.05, 4.69) is 32.6 Å². The SMILES string of the molecule is CCC1(Nc2nc(NN)nc(OC(C)C)n2)CCC1. The summed E-state index contributed by atoms with van der Waals surface area (Å²) in [5.41, 5.74) is 2.55. The van der Waals surface area contributed by atoms with E-state index in [-0.39, 0.29) is 17.7 Å². The van der Waals surface area contributed by atoms with Crippen LogP contribution in [0.4, 0.5) is 11.9 Å². The zero-order chi connectivity index (χ0) is 13.9. The van der Waals surface area contributed by atoms with Gasteiger partial charge in [-0.1, -0.05) is 6.92 Å². The second-order valence-electron chi connectivity index (χ2n) is 5.19. The monoisotopic (exact) mass is 266 g/mol. The van der Waals surface area contributed by atoms with E-state index < -0.39 is 0 Å². The van der Waals surface area contributed by atoms with Crippen LogP contribution in [0.1, 0.15) is 46.5 Å². The van der Waals surface area contributed by atoms with Crippen molar-refractivity contribution in [2.24, 2.45) is 5.84 Å². The third-order valence-electron chi connectivity index (χ3n) is 3.45. The molecule has 0 saturated heterocycles. The summed E-state index contributed by atoms with van der Waals surface area (Å²) in [5, 5.41) is 3.39. The topological polar surface area (TPSA) is 98.0 Å². The summed E-state index contributed by atoms with van der Waals surface area (Å²) in [7, 11) is 0. The number of hydrazine groups is 1. The Hall–Kier alpha value is -1.63. The molecule has 0 spiro atoms. The van der Waals surface area contributed by atoms with Gasteiger partial charge in [-0.15, -0.1) is 0 Å². The number of ether oxygens (including phenoxy) is 1. The lowest BCUT2D eigenvalue weighted by Gasteiger charge is -2.41. The maximum absolute atomic E-state index is 5.50. The van der Waals surface area contributed by atoms with E-state index in [9.17, 15) is 0 Å². The van der Waals surface area contributed by atoms with E-state index in [1.807, 2.05) is 13.8 Å². The third-order valence-corrected chi connectivity index (χ3v) is 3.45. The van der Waals surface area contributed by atoms with Crippen LogP contribution in [0.5, 0.6) is 6.01 Å². The highest BCUT2D eigenvalue weighted by Gasteiger charge is 2.35. The van der Waals surface area contributed by atoms with Gasteiger partial charge in [0.15, 0.2) is 0 Å². The number of anilines is 2. The third kappa shape index (κ3) is 3.23. The van der Waals surface area contributed by atoms with Gasteiger partial charge >= 0.3 is 6.01 Å². The zero-order valence-corrected chi connectivity index (χ0v) is 11.7. The first kappa shape index (κ1) is 13.8. The summed E-state index contributed by atoms with van der Waals surface area (Å²) < 4.78 is 5.50. The molecule has 7 nitrogen and oxygen atoms in total. The van der Waals surface area contributed by atoms with E-state index in [0.29, 0.717) is 11.9 Å². The van der Waals surface area contributed by atoms with Crippen LogP contribution < -0.4 is 21.3 Å². The molecular formula is C12H22N6O. The van der Waals surface area contributed by atoms with Crippen molar-refractivity contribution in [2.45, 2.75) is 58.1 Å². The van der Waals surface area contributed by atoms with Gasteiger partial charge in [-0.2, -0.15) is 15.0 Å². The second kappa shape index (κ2) is 5.56. The minimum Gasteiger partial charge on any atom is -0.461 e. The average Bonchev–Trinajstić information content (AvgIpc) is 2.32. The summed E-state index contributed by atoms with van der Waals surface area (Å²) in [4.78, 5) is 12.6. The second-order valence-corrected chi connectivity index (χ2v) is 5.19. The molecule has 1 fully saturated rings. The highest BCUT2D eigenvalue weighted by atomic mass is 16.5. The van der Waals surface area contributed by atoms with Crippen molar-refractivity contribution in [3.8, 4) is 6.01 Å². The number of rotatable bonds is 6. The minimum atomic E-state index is 0.00436. The molecule has 0 unspecified atom stereocenters. The Bertz CT molecular complexity index is 427. The number of hydrogen-bond acceptors (Lipinski definition) is 7. The van der Waals surface area contributed by atoms with Crippen LogP contribution in [0.15, 0.2) is 0 Å². The number of nitrogens with one attached hydrogen (secondary N) is 2. The summed E-state index contributed by atoms with van der Waals surface area (Å²) >= 11 is 0. The molecule has 0 radical (unpaired) electrons. The molecule has 0 amide bonds. The highest BCUT2D eigenvalue weighted by Crippen LogP contribution is 2.37. The molecule has 0 atom stereocenters. The molecule has 4 N–H and O–H groups in total. The minimum absolute atomic E-state index is 0.00436. The van der Waals surface area contributed by atoms with Gasteiger partial charge in [-0.25, -0.2) is 5.84 Å². The number of nitrogens with two attached hydrogens (primary N) is 1. The van der Waals surface area contributed by atoms with Gasteiger partial charge in [-0.3, -0.25) is 5.43 Å². The molecule has 1 aromatic heterocycles. The number of nitrogens with zero attached hydrogens (tertiary/aromatic N) is 3. The van der Waals surface area contributed by atoms with E-state index in [1.54, 1.807) is 0 Å². The van der Waals surface area contributed by atoms with Gasteiger partial charge in [0.2, 0.25) is 11.9 Å². The lowest BCUT2D eigenvalue weighted by atomic mass is 9.75. The Kier molecular flexibility index (Phi) is 4.04. The molecular weight excluding hydrogens is 244 g/mol. The van der Waals surface area contributed by atoms with Crippen molar-refractivity contribution in [2.75, 3.05) is 10.7 Å². The quantitative estimate of drug-likeness (QED) is 0.532. The van der Waals surface area contributed by atoms with Crippen molar-refractivity contribution >= 4 is 11.9 Å². The lowest BCUT2D eigenvalue weighted by Crippen LogP contribution is -2.44. The Labute approximate surface area is 113 Å². The van der Waals surface area contributed by atoms with Gasteiger partial charge in [0.1, 0.15) is 0 Å². The fraction of sp³-hybridized carbons (Fsp3) is 0.750. The van der Waals surface area contributed by atoms with Crippen LogP contribution in [0.3, 0.4) is 0 Å². The van der Waals surface area contributed by atoms with Crippen molar-refractivity contribution in [1.82, 2.24) is 15.0 Å². The fourth-order valence-electron chi connectivity index (χ4n) is 2.15. The molecule has 0 bridgehead atoms. The normalized spacial score (nSPS) is 16.9. The first-order valence-electron chi connectivity index (χ1n) is 6.74. The van der Waals surface area contributed by atoms with Crippen molar-refractivity contribution in [1.29, 1.82) is 0 Å². The van der Waals surface area contributed by atoms with Crippen LogP contribution in [0.25, 0.3) is 0 Å². The summed E-state index contributed by atoms with van der Waals surface area (Å²) in [6.45, 7) is 6.01. The van der Waals surface area contributed by atoms with Crippen LogP contribution in [0, 0.1) is 0 Å². The van der Waals surface area contributed by atoms with E-state index >= 15 is 0 Å². The Morgan fingerprint density at radius 1 is 1.26 bits per heavy atom. The van der Waals surface area contributed by atoms with E-state index in [4.69, 9.17) is 10.6 Å². The molecule has 0 aromatic carbocycles. The first-order valence-corrected chi connectivity index (χ1v) is 6.74. The standard InChI is InChI=1S/C12H22N6O/c1-4-12(6-5-7-12)17-9-14-10(18-13)16-11(15-9)19-8(2)3/h8H,4-7,13H2,1-3H3,(H2,14,15,16,17,18). The van der Waals surface area contributed by atoms with Crippen LogP contribution >= 0.6 is 0 Å². The van der Waals surface area contributed by atoms with Gasteiger partial charge < -0.3 is 10.1 Å². The molecule has 1 heterocycles. The Morgan fingerprint density at radius 2 is 1.95 bits per heavy atom. The molecule has 1 saturated carbocycles. The van der Waals surface area contributed by atoms with Gasteiger partial charge in [0.25, 0.3) is 0 Å². The Morgan fingerprint density at radius 3 is 2.42 bits per heavy atom. The molecule has 0 aliphatic heterocycles. The molecule has 2 rings (SSSR count). The molecule has 106 valence electrons. The Balaban J connectivity index is 2.18. The maximum atomic E-state index is 5.50. The molecule has 7 heteroatoms. The predicted octanol–water partition coefficient (Wildman–Crippen LogP) is 1.69. The smallest absolute Gasteiger partial charge is 0.323 e. The molecule has 1 aliphatic carbocycles. The van der Waals surface area contributed by atoms with E-state index in [0.717, 1.165) is 19.3 Å². The summed E-state index contributed by atoms with van der Waals surface area (Å²) in [6, 6.07) is 0.283. The van der Waals surface area contributed by atoms with Crippen molar-refractivity contribution in [3.05, 3.63) is 0 Å². The van der Waals surface area contributed by atoms with Crippen molar-refractivity contribution < 1.29 is 4.74 Å². The average molecular weight is 266 g/mol. The van der Waals surface area contributed by atoms with E-state index in [1.165, 1.54) is 6.42 Å².